The largest absolute Gasteiger partial charge is 0.341 e. The van der Waals surface area contributed by atoms with E-state index in [4.69, 9.17) is 0 Å². The molecule has 72 valence electrons. The summed E-state index contributed by atoms with van der Waals surface area (Å²) in [6, 6.07) is 0. The van der Waals surface area contributed by atoms with Crippen LogP contribution in [-0.2, 0) is 0 Å². The first kappa shape index (κ1) is 10.2. The summed E-state index contributed by atoms with van der Waals surface area (Å²) in [4.78, 5) is 11.3. The molecule has 0 radical (unpaired) electrons. The molecule has 1 heterocycles. The van der Waals surface area contributed by atoms with Gasteiger partial charge in [-0.1, -0.05) is 25.3 Å². The van der Waals surface area contributed by atoms with Crippen molar-refractivity contribution >= 4 is 5.71 Å². The number of allylic oxidation sites excluding steroid dienone is 3. The van der Waals surface area contributed by atoms with Gasteiger partial charge in [-0.3, -0.25) is 4.99 Å². The van der Waals surface area contributed by atoms with E-state index in [1.165, 1.54) is 6.20 Å². The number of hydrogen-bond acceptors (Lipinski definition) is 2. The summed E-state index contributed by atoms with van der Waals surface area (Å²) in [7, 11) is 0. The van der Waals surface area contributed by atoms with Gasteiger partial charge in [-0.05, 0) is 13.0 Å². The number of aromatic amines is 1. The first-order valence-electron chi connectivity index (χ1n) is 4.27. The molecule has 0 aliphatic heterocycles. The first-order valence-corrected chi connectivity index (χ1v) is 4.27. The van der Waals surface area contributed by atoms with Crippen LogP contribution in [-0.4, -0.2) is 15.7 Å². The second-order valence-electron chi connectivity index (χ2n) is 2.67. The van der Waals surface area contributed by atoms with E-state index in [0.717, 1.165) is 17.2 Å². The van der Waals surface area contributed by atoms with Crippen LogP contribution in [0.1, 0.15) is 11.5 Å². The van der Waals surface area contributed by atoms with Gasteiger partial charge in [0.05, 0.1) is 17.6 Å². The third-order valence-electron chi connectivity index (χ3n) is 1.60. The molecule has 3 nitrogen and oxygen atoms in total. The van der Waals surface area contributed by atoms with Gasteiger partial charge in [0.1, 0.15) is 5.82 Å². The van der Waals surface area contributed by atoms with E-state index in [0.29, 0.717) is 0 Å². The molecule has 0 atom stereocenters. The van der Waals surface area contributed by atoms with Gasteiger partial charge in [0.2, 0.25) is 0 Å². The SMILES string of the molecule is C=C/C=C\C(=N/C=C)c1cnc(C)[nH]1. The number of aromatic nitrogens is 2. The van der Waals surface area contributed by atoms with E-state index >= 15 is 0 Å². The van der Waals surface area contributed by atoms with Crippen molar-refractivity contribution in [1.82, 2.24) is 9.97 Å². The molecule has 0 saturated heterocycles. The van der Waals surface area contributed by atoms with E-state index in [1.54, 1.807) is 12.3 Å². The Morgan fingerprint density at radius 2 is 2.36 bits per heavy atom. The van der Waals surface area contributed by atoms with Crippen molar-refractivity contribution in [2.24, 2.45) is 4.99 Å². The predicted octanol–water partition coefficient (Wildman–Crippen LogP) is 2.39. The van der Waals surface area contributed by atoms with Crippen molar-refractivity contribution in [2.45, 2.75) is 6.92 Å². The van der Waals surface area contributed by atoms with Crippen LogP contribution in [0.15, 0.2) is 48.8 Å². The maximum atomic E-state index is 4.12. The van der Waals surface area contributed by atoms with E-state index in [2.05, 4.69) is 28.1 Å². The number of rotatable bonds is 4. The van der Waals surface area contributed by atoms with E-state index < -0.39 is 0 Å². The number of aryl methyl sites for hydroxylation is 1. The second kappa shape index (κ2) is 4.97. The summed E-state index contributed by atoms with van der Waals surface area (Å²) in [6.07, 6.45) is 8.60. The summed E-state index contributed by atoms with van der Waals surface area (Å²) in [5, 5.41) is 0. The molecule has 0 spiro atoms. The Labute approximate surface area is 83.6 Å². The van der Waals surface area contributed by atoms with Gasteiger partial charge in [-0.15, -0.1) is 0 Å². The molecule has 0 amide bonds. The lowest BCUT2D eigenvalue weighted by molar-refractivity contribution is 1.14. The van der Waals surface area contributed by atoms with Gasteiger partial charge in [-0.2, -0.15) is 0 Å². The number of imidazole rings is 1. The van der Waals surface area contributed by atoms with Gasteiger partial charge in [0, 0.05) is 6.20 Å². The minimum atomic E-state index is 0.792. The highest BCUT2D eigenvalue weighted by atomic mass is 14.9. The third kappa shape index (κ3) is 2.55. The number of nitrogens with zero attached hydrogens (tertiary/aromatic N) is 2. The van der Waals surface area contributed by atoms with Gasteiger partial charge >= 0.3 is 0 Å². The molecule has 0 aliphatic carbocycles. The molecule has 1 aromatic heterocycles. The summed E-state index contributed by atoms with van der Waals surface area (Å²) < 4.78 is 0. The average Bonchev–Trinajstić information content (AvgIpc) is 2.59. The zero-order valence-corrected chi connectivity index (χ0v) is 8.20. The molecule has 1 rings (SSSR count). The van der Waals surface area contributed by atoms with E-state index in [9.17, 15) is 0 Å². The smallest absolute Gasteiger partial charge is 0.103 e. The summed E-state index contributed by atoms with van der Waals surface area (Å²) in [6.45, 7) is 9.05. The maximum absolute atomic E-state index is 4.12. The van der Waals surface area contributed by atoms with Crippen molar-refractivity contribution in [1.29, 1.82) is 0 Å². The van der Waals surface area contributed by atoms with Crippen LogP contribution >= 0.6 is 0 Å². The topological polar surface area (TPSA) is 41.0 Å². The first-order chi connectivity index (χ1) is 6.77. The lowest BCUT2D eigenvalue weighted by Crippen LogP contribution is -1.96. The summed E-state index contributed by atoms with van der Waals surface area (Å²) in [5.74, 6) is 0.865. The Balaban J connectivity index is 3.00. The number of hydrogen-bond donors (Lipinski definition) is 1. The lowest BCUT2D eigenvalue weighted by Gasteiger charge is -1.94. The summed E-state index contributed by atoms with van der Waals surface area (Å²) in [5.41, 5.74) is 1.67. The fourth-order valence-electron chi connectivity index (χ4n) is 1.01. The molecular weight excluding hydrogens is 174 g/mol. The molecule has 0 saturated carbocycles. The second-order valence-corrected chi connectivity index (χ2v) is 2.67. The van der Waals surface area contributed by atoms with Crippen LogP contribution in [0.4, 0.5) is 0 Å². The Hall–Kier alpha value is -1.90. The Morgan fingerprint density at radius 3 is 2.86 bits per heavy atom. The third-order valence-corrected chi connectivity index (χ3v) is 1.60. The molecule has 3 heteroatoms. The molecule has 1 aromatic rings. The van der Waals surface area contributed by atoms with Gasteiger partial charge in [-0.25, -0.2) is 4.98 Å². The molecule has 0 aliphatic rings. The number of nitrogens with one attached hydrogen (secondary N) is 1. The molecule has 0 aromatic carbocycles. The molecule has 0 unspecified atom stereocenters. The van der Waals surface area contributed by atoms with Crippen LogP contribution in [0.2, 0.25) is 0 Å². The zero-order valence-electron chi connectivity index (χ0n) is 8.20. The fraction of sp³-hybridized carbons (Fsp3) is 0.0909. The number of H-pyrrole nitrogens is 1. The fourth-order valence-corrected chi connectivity index (χ4v) is 1.01. The molecule has 0 bridgehead atoms. The van der Waals surface area contributed by atoms with E-state index in [-0.39, 0.29) is 0 Å². The van der Waals surface area contributed by atoms with Crippen LogP contribution in [0.5, 0.6) is 0 Å². The molecular formula is C11H13N3. The van der Waals surface area contributed by atoms with Crippen molar-refractivity contribution in [3.05, 3.63) is 55.3 Å². The van der Waals surface area contributed by atoms with Crippen molar-refractivity contribution in [2.75, 3.05) is 0 Å². The van der Waals surface area contributed by atoms with Crippen LogP contribution < -0.4 is 0 Å². The monoisotopic (exact) mass is 187 g/mol. The Morgan fingerprint density at radius 1 is 1.57 bits per heavy atom. The van der Waals surface area contributed by atoms with E-state index in [1.807, 2.05) is 19.1 Å². The number of aliphatic imine (C=N–C) groups is 1. The molecule has 14 heavy (non-hydrogen) atoms. The van der Waals surface area contributed by atoms with Crippen LogP contribution in [0.3, 0.4) is 0 Å². The van der Waals surface area contributed by atoms with Crippen LogP contribution in [0, 0.1) is 6.92 Å². The van der Waals surface area contributed by atoms with Crippen molar-refractivity contribution in [3.8, 4) is 0 Å². The summed E-state index contributed by atoms with van der Waals surface area (Å²) >= 11 is 0. The maximum Gasteiger partial charge on any atom is 0.103 e. The minimum Gasteiger partial charge on any atom is -0.341 e. The average molecular weight is 187 g/mol. The standard InChI is InChI=1S/C11H13N3/c1-4-6-7-10(12-5-2)11-8-13-9(3)14-11/h4-8H,1-2H2,3H3,(H,13,14)/b7-6-,12-10+. The quantitative estimate of drug-likeness (QED) is 0.570. The highest BCUT2D eigenvalue weighted by Crippen LogP contribution is 2.00. The minimum absolute atomic E-state index is 0.792. The van der Waals surface area contributed by atoms with Crippen molar-refractivity contribution in [3.63, 3.8) is 0 Å². The van der Waals surface area contributed by atoms with Gasteiger partial charge in [0.25, 0.3) is 0 Å². The predicted molar refractivity (Wildman–Crippen MR) is 59.4 cm³/mol. The molecule has 1 N–H and O–H groups in total. The lowest BCUT2D eigenvalue weighted by atomic mass is 10.2. The van der Waals surface area contributed by atoms with Gasteiger partial charge < -0.3 is 4.98 Å². The highest BCUT2D eigenvalue weighted by molar-refractivity contribution is 6.07. The Bertz CT molecular complexity index is 383. The Kier molecular flexibility index (Phi) is 3.61. The highest BCUT2D eigenvalue weighted by Gasteiger charge is 2.00. The zero-order chi connectivity index (χ0) is 10.4. The normalized spacial score (nSPS) is 11.9. The van der Waals surface area contributed by atoms with Crippen molar-refractivity contribution < 1.29 is 0 Å². The van der Waals surface area contributed by atoms with Crippen LogP contribution in [0.25, 0.3) is 0 Å². The molecule has 0 fully saturated rings. The van der Waals surface area contributed by atoms with Gasteiger partial charge in [0.15, 0.2) is 0 Å².